The summed E-state index contributed by atoms with van der Waals surface area (Å²) < 4.78 is 4.99. The lowest BCUT2D eigenvalue weighted by Crippen LogP contribution is -2.75. The zero-order valence-corrected chi connectivity index (χ0v) is 37.8. The molecule has 0 spiro atoms. The van der Waals surface area contributed by atoms with Gasteiger partial charge in [-0.05, 0) is 107 Å². The second kappa shape index (κ2) is 18.1. The van der Waals surface area contributed by atoms with Gasteiger partial charge in [-0.25, -0.2) is 4.98 Å². The van der Waals surface area contributed by atoms with Crippen LogP contribution in [-0.2, 0) is 12.8 Å². The van der Waals surface area contributed by atoms with Crippen LogP contribution in [0.3, 0.4) is 0 Å². The van der Waals surface area contributed by atoms with Crippen molar-refractivity contribution in [2.45, 2.75) is 78.1 Å². The quantitative estimate of drug-likeness (QED) is 0.0540. The van der Waals surface area contributed by atoms with E-state index in [0.717, 1.165) is 24.0 Å². The molecule has 0 fully saturated rings. The van der Waals surface area contributed by atoms with Crippen LogP contribution in [0.15, 0.2) is 188 Å². The Bertz CT molecular complexity index is 3030. The van der Waals surface area contributed by atoms with Crippen molar-refractivity contribution in [3.05, 3.63) is 199 Å². The molecule has 0 bridgehead atoms. The van der Waals surface area contributed by atoms with Crippen molar-refractivity contribution < 1.29 is 0 Å². The second-order valence-electron chi connectivity index (χ2n) is 17.4. The molecule has 0 aliphatic rings. The Hall–Kier alpha value is -6.49. The summed E-state index contributed by atoms with van der Waals surface area (Å²) in [6.07, 6.45) is 12.2. The number of aryl methyl sites for hydroxylation is 2. The van der Waals surface area contributed by atoms with Crippen molar-refractivity contribution in [3.8, 4) is 11.5 Å². The monoisotopic (exact) mass is 835 g/mol. The van der Waals surface area contributed by atoms with E-state index in [1.165, 1.54) is 127 Å². The van der Waals surface area contributed by atoms with Crippen LogP contribution in [0, 0.1) is 0 Å². The lowest BCUT2D eigenvalue weighted by molar-refractivity contribution is 0.667. The minimum Gasteiger partial charge on any atom is -0.309 e. The van der Waals surface area contributed by atoms with E-state index in [0.29, 0.717) is 0 Å². The molecule has 3 nitrogen and oxygen atoms in total. The molecule has 10 rings (SSSR count). The highest BCUT2D eigenvalue weighted by Crippen LogP contribution is 2.42. The molecule has 0 aliphatic carbocycles. The lowest BCUT2D eigenvalue weighted by Gasteiger charge is -2.33. The number of benzene rings is 7. The van der Waals surface area contributed by atoms with Crippen LogP contribution in [0.5, 0.6) is 0 Å². The smallest absolute Gasteiger partial charge is 0.201 e. The molecule has 3 heterocycles. The maximum Gasteiger partial charge on any atom is 0.201 e. The molecule has 4 heteroatoms. The Morgan fingerprint density at radius 2 is 0.921 bits per heavy atom. The van der Waals surface area contributed by atoms with Crippen molar-refractivity contribution >= 4 is 72.6 Å². The molecule has 0 radical (unpaired) electrons. The van der Waals surface area contributed by atoms with Crippen LogP contribution < -0.4 is 20.9 Å². The van der Waals surface area contributed by atoms with Gasteiger partial charge >= 0.3 is 0 Å². The van der Waals surface area contributed by atoms with Crippen molar-refractivity contribution in [2.75, 3.05) is 0 Å². The zero-order chi connectivity index (χ0) is 42.6. The van der Waals surface area contributed by atoms with Gasteiger partial charge in [0, 0.05) is 32.5 Å². The van der Waals surface area contributed by atoms with Crippen LogP contribution in [0.4, 0.5) is 0 Å². The van der Waals surface area contributed by atoms with Gasteiger partial charge < -0.3 is 4.57 Å². The molecule has 0 unspecified atom stereocenters. The van der Waals surface area contributed by atoms with E-state index >= 15 is 0 Å². The fourth-order valence-corrected chi connectivity index (χ4v) is 15.0. The van der Waals surface area contributed by atoms with Crippen LogP contribution in [0.25, 0.3) is 55.1 Å². The molecule has 0 saturated carbocycles. The summed E-state index contributed by atoms with van der Waals surface area (Å²) in [7, 11) is -2.90. The normalized spacial score (nSPS) is 12.0. The van der Waals surface area contributed by atoms with E-state index in [1.54, 1.807) is 0 Å². The largest absolute Gasteiger partial charge is 0.309 e. The van der Waals surface area contributed by atoms with Gasteiger partial charge in [0.2, 0.25) is 8.07 Å². The topological polar surface area (TPSA) is 22.8 Å². The minimum atomic E-state index is -2.90. The minimum absolute atomic E-state index is 0.951. The van der Waals surface area contributed by atoms with E-state index < -0.39 is 8.07 Å². The molecule has 0 N–H and O–H groups in total. The molecule has 7 aromatic carbocycles. The number of hydrogen-bond donors (Lipinski definition) is 0. The summed E-state index contributed by atoms with van der Waals surface area (Å²) in [4.78, 5) is 5.95. The number of aromatic nitrogens is 3. The molecule has 0 atom stereocenters. The van der Waals surface area contributed by atoms with Gasteiger partial charge in [0.05, 0.1) is 22.1 Å². The highest BCUT2D eigenvalue weighted by atomic mass is 28.3. The van der Waals surface area contributed by atoms with Gasteiger partial charge in [-0.1, -0.05) is 186 Å². The summed E-state index contributed by atoms with van der Waals surface area (Å²) in [5, 5.41) is 10.2. The molecule has 0 saturated heterocycles. The number of nitrogens with zero attached hydrogens (tertiary/aromatic N) is 3. The second-order valence-corrected chi connectivity index (χ2v) is 21.2. The predicted octanol–water partition coefficient (Wildman–Crippen LogP) is 12.9. The van der Waals surface area contributed by atoms with Gasteiger partial charge in [0.25, 0.3) is 0 Å². The molecular weight excluding hydrogens is 779 g/mol. The average Bonchev–Trinajstić information content (AvgIpc) is 3.86. The van der Waals surface area contributed by atoms with Gasteiger partial charge in [0.15, 0.2) is 0 Å². The van der Waals surface area contributed by atoms with E-state index in [4.69, 9.17) is 4.98 Å². The molecule has 3 aromatic heterocycles. The third-order valence-electron chi connectivity index (χ3n) is 13.4. The van der Waals surface area contributed by atoms with Crippen LogP contribution >= 0.6 is 0 Å². The van der Waals surface area contributed by atoms with Crippen molar-refractivity contribution in [1.82, 2.24) is 14.1 Å². The summed E-state index contributed by atoms with van der Waals surface area (Å²) >= 11 is 0. The third-order valence-corrected chi connectivity index (χ3v) is 18.0. The summed E-state index contributed by atoms with van der Waals surface area (Å²) in [5.74, 6) is 0.951. The fourth-order valence-electron chi connectivity index (χ4n) is 10.4. The SMILES string of the molecule is CCCCCCc1ccc2c(c1)c1c(ccc3c4cc(CCCCCC)ccc4n(-c4cccc([Si](c5ccccc5)(c5ccccc5)c5ccccc5)n4)c31)n2-c1ccccc1. The third kappa shape index (κ3) is 7.40. The number of fused-ring (bicyclic) bond motifs is 7. The number of para-hydroxylation sites is 1. The Morgan fingerprint density at radius 1 is 0.413 bits per heavy atom. The molecule has 0 aliphatic heterocycles. The van der Waals surface area contributed by atoms with Crippen molar-refractivity contribution in [1.29, 1.82) is 0 Å². The van der Waals surface area contributed by atoms with Gasteiger partial charge in [-0.3, -0.25) is 4.57 Å². The Morgan fingerprint density at radius 3 is 1.48 bits per heavy atom. The van der Waals surface area contributed by atoms with E-state index in [-0.39, 0.29) is 0 Å². The summed E-state index contributed by atoms with van der Waals surface area (Å²) in [6, 6.07) is 70.5. The van der Waals surface area contributed by atoms with Gasteiger partial charge in [-0.15, -0.1) is 0 Å². The first-order chi connectivity index (χ1) is 31.2. The van der Waals surface area contributed by atoms with Crippen molar-refractivity contribution in [3.63, 3.8) is 0 Å². The number of unbranched alkanes of at least 4 members (excludes halogenated alkanes) is 6. The number of rotatable bonds is 16. The lowest BCUT2D eigenvalue weighted by atomic mass is 10.0. The predicted molar refractivity (Wildman–Crippen MR) is 272 cm³/mol. The van der Waals surface area contributed by atoms with Gasteiger partial charge in [0.1, 0.15) is 5.82 Å². The van der Waals surface area contributed by atoms with Gasteiger partial charge in [-0.2, -0.15) is 0 Å². The maximum absolute atomic E-state index is 5.95. The Kier molecular flexibility index (Phi) is 11.6. The van der Waals surface area contributed by atoms with E-state index in [1.807, 2.05) is 0 Å². The highest BCUT2D eigenvalue weighted by Gasteiger charge is 2.43. The first-order valence-electron chi connectivity index (χ1n) is 23.4. The summed E-state index contributed by atoms with van der Waals surface area (Å²) in [6.45, 7) is 4.59. The van der Waals surface area contributed by atoms with Crippen LogP contribution in [0.1, 0.15) is 76.3 Å². The maximum atomic E-state index is 5.95. The van der Waals surface area contributed by atoms with E-state index in [2.05, 4.69) is 211 Å². The molecule has 10 aromatic rings. The zero-order valence-electron chi connectivity index (χ0n) is 36.8. The fraction of sp³-hybridized carbons (Fsp3) is 0.203. The molecule has 0 amide bonds. The average molecular weight is 836 g/mol. The van der Waals surface area contributed by atoms with E-state index in [9.17, 15) is 0 Å². The first-order valence-corrected chi connectivity index (χ1v) is 25.4. The summed E-state index contributed by atoms with van der Waals surface area (Å²) in [5.41, 5.74) is 8.86. The first kappa shape index (κ1) is 40.6. The Balaban J connectivity index is 1.29. The van der Waals surface area contributed by atoms with Crippen LogP contribution in [-0.4, -0.2) is 22.2 Å². The van der Waals surface area contributed by atoms with Crippen molar-refractivity contribution in [2.24, 2.45) is 0 Å². The highest BCUT2D eigenvalue weighted by molar-refractivity contribution is 7.19. The standard InChI is InChI=1S/C59H57N3Si/c1-3-5-7-13-24-44-36-39-53-51(42-44)50-38-41-55-58(52-43-45(25-14-8-6-4-2)37-40-54(52)61(55)46-26-15-9-16-27-46)59(50)62(53)56-34-23-35-57(60-56)63(47-28-17-10-18-29-47,48-30-19-11-20-31-48)49-32-21-12-22-33-49/h9-12,15-23,26-43H,3-8,13-14,24-25H2,1-2H3. The Labute approximate surface area is 373 Å². The number of hydrogen-bond acceptors (Lipinski definition) is 1. The molecule has 312 valence electrons. The molecular formula is C59H57N3Si. The van der Waals surface area contributed by atoms with Crippen LogP contribution in [0.2, 0.25) is 0 Å². The molecule has 63 heavy (non-hydrogen) atoms. The number of pyridine rings is 1.